The van der Waals surface area contributed by atoms with Gasteiger partial charge in [-0.3, -0.25) is 14.5 Å². The molecule has 2 amide bonds. The normalized spacial score (nSPS) is 28.3. The van der Waals surface area contributed by atoms with E-state index in [-0.39, 0.29) is 41.4 Å². The molecule has 2 aliphatic heterocycles. The van der Waals surface area contributed by atoms with Crippen molar-refractivity contribution < 1.29 is 24.2 Å². The van der Waals surface area contributed by atoms with Crippen LogP contribution in [0.5, 0.6) is 11.5 Å². The van der Waals surface area contributed by atoms with Crippen LogP contribution >= 0.6 is 22.6 Å². The number of phenolic OH excluding ortho intramolecular Hbond substituents is 1. The van der Waals surface area contributed by atoms with Gasteiger partial charge in [0.15, 0.2) is 11.5 Å². The number of rotatable bonds is 5. The highest BCUT2D eigenvalue weighted by Gasteiger charge is 2.55. The fourth-order valence-electron chi connectivity index (χ4n) is 5.33. The molecule has 166 valence electrons. The third kappa shape index (κ3) is 3.91. The first-order valence-electron chi connectivity index (χ1n) is 10.6. The lowest BCUT2D eigenvalue weighted by Gasteiger charge is -2.30. The van der Waals surface area contributed by atoms with Gasteiger partial charge in [-0.1, -0.05) is 17.2 Å². The molecule has 2 fully saturated rings. The van der Waals surface area contributed by atoms with Crippen LogP contribution in [0.4, 0.5) is 0 Å². The molecule has 31 heavy (non-hydrogen) atoms. The first kappa shape index (κ1) is 22.3. The summed E-state index contributed by atoms with van der Waals surface area (Å²) in [6.45, 7) is 4.69. The number of imide groups is 1. The van der Waals surface area contributed by atoms with Crippen LogP contribution in [-0.2, 0) is 14.3 Å². The number of aromatic hydroxyl groups is 1. The number of nitrogens with zero attached hydrogens (tertiary/aromatic N) is 1. The summed E-state index contributed by atoms with van der Waals surface area (Å²) < 4.78 is 12.1. The number of carbonyl (C=O) groups is 2. The lowest BCUT2D eigenvalue weighted by molar-refractivity contribution is -0.138. The van der Waals surface area contributed by atoms with Crippen molar-refractivity contribution in [1.82, 2.24) is 4.90 Å². The van der Waals surface area contributed by atoms with E-state index in [2.05, 4.69) is 42.5 Å². The summed E-state index contributed by atoms with van der Waals surface area (Å²) in [7, 11) is 3.14. The lowest BCUT2D eigenvalue weighted by atomic mass is 9.70. The van der Waals surface area contributed by atoms with Gasteiger partial charge < -0.3 is 14.6 Å². The summed E-state index contributed by atoms with van der Waals surface area (Å²) in [5.74, 6) is 0.0674. The van der Waals surface area contributed by atoms with Gasteiger partial charge in [-0.25, -0.2) is 0 Å². The molecule has 0 bridgehead atoms. The molecule has 3 aliphatic rings. The molecule has 2 saturated heterocycles. The second kappa shape index (κ2) is 8.58. The fourth-order valence-corrected chi connectivity index (χ4v) is 5.96. The van der Waals surface area contributed by atoms with Crippen molar-refractivity contribution in [3.8, 4) is 11.5 Å². The standard InChI is InChI=1S/C24H28INO5/c1-12(7-14-9-17(25)22(27)19(10-14)30-4)5-6-18-20-13(2)8-15-21(16(20)11-31-18)24(29)26(3)23(15)28/h7,9-10,15-16,18,21,27H,5-6,8,11H2,1-4H3/b12-7+/t15-,16+,18-,21-/m1/s1. The molecule has 0 radical (unpaired) electrons. The molecule has 6 nitrogen and oxygen atoms in total. The molecule has 1 aliphatic carbocycles. The van der Waals surface area contributed by atoms with Crippen molar-refractivity contribution in [1.29, 1.82) is 0 Å². The molecule has 4 atom stereocenters. The van der Waals surface area contributed by atoms with Gasteiger partial charge in [0.25, 0.3) is 0 Å². The summed E-state index contributed by atoms with van der Waals surface area (Å²) in [4.78, 5) is 26.4. The van der Waals surface area contributed by atoms with Gasteiger partial charge in [0, 0.05) is 13.0 Å². The summed E-state index contributed by atoms with van der Waals surface area (Å²) in [5.41, 5.74) is 4.64. The zero-order chi connectivity index (χ0) is 22.4. The minimum Gasteiger partial charge on any atom is -0.504 e. The number of fused-ring (bicyclic) bond motifs is 3. The molecular formula is C24H28INO5. The average molecular weight is 537 g/mol. The number of amides is 2. The van der Waals surface area contributed by atoms with Crippen molar-refractivity contribution in [2.75, 3.05) is 20.8 Å². The molecule has 1 N–H and O–H groups in total. The predicted molar refractivity (Wildman–Crippen MR) is 126 cm³/mol. The topological polar surface area (TPSA) is 76.1 Å². The number of allylic oxidation sites excluding steroid dienone is 2. The molecule has 1 aromatic rings. The highest BCUT2D eigenvalue weighted by Crippen LogP contribution is 2.49. The van der Waals surface area contributed by atoms with Crippen LogP contribution in [0.25, 0.3) is 6.08 Å². The van der Waals surface area contributed by atoms with Crippen LogP contribution in [0.2, 0.25) is 0 Å². The number of methoxy groups -OCH3 is 1. The van der Waals surface area contributed by atoms with Gasteiger partial charge in [-0.2, -0.15) is 0 Å². The zero-order valence-corrected chi connectivity index (χ0v) is 20.4. The highest BCUT2D eigenvalue weighted by molar-refractivity contribution is 14.1. The van der Waals surface area contributed by atoms with Crippen molar-refractivity contribution in [3.63, 3.8) is 0 Å². The summed E-state index contributed by atoms with van der Waals surface area (Å²) in [5, 5.41) is 10.0. The van der Waals surface area contributed by atoms with E-state index in [1.165, 1.54) is 21.6 Å². The van der Waals surface area contributed by atoms with E-state index in [4.69, 9.17) is 9.47 Å². The van der Waals surface area contributed by atoms with Crippen molar-refractivity contribution >= 4 is 40.5 Å². The van der Waals surface area contributed by atoms with Crippen LogP contribution in [0.3, 0.4) is 0 Å². The Labute approximate surface area is 196 Å². The van der Waals surface area contributed by atoms with Crippen LogP contribution < -0.4 is 4.74 Å². The second-order valence-electron chi connectivity index (χ2n) is 8.82. The maximum Gasteiger partial charge on any atom is 0.233 e. The highest BCUT2D eigenvalue weighted by atomic mass is 127. The number of benzene rings is 1. The van der Waals surface area contributed by atoms with Gasteiger partial charge >= 0.3 is 0 Å². The van der Waals surface area contributed by atoms with E-state index in [0.717, 1.165) is 22.0 Å². The lowest BCUT2D eigenvalue weighted by Crippen LogP contribution is -2.33. The molecule has 0 aromatic heterocycles. The number of halogens is 1. The third-order valence-electron chi connectivity index (χ3n) is 6.86. The second-order valence-corrected chi connectivity index (χ2v) is 9.98. The zero-order valence-electron chi connectivity index (χ0n) is 18.3. The van der Waals surface area contributed by atoms with Crippen molar-refractivity contribution in [2.24, 2.45) is 17.8 Å². The molecular weight excluding hydrogens is 509 g/mol. The maximum atomic E-state index is 12.7. The van der Waals surface area contributed by atoms with Crippen LogP contribution in [0.15, 0.2) is 28.9 Å². The van der Waals surface area contributed by atoms with Gasteiger partial charge in [0.1, 0.15) is 0 Å². The van der Waals surface area contributed by atoms with Gasteiger partial charge in [-0.05, 0) is 79.0 Å². The van der Waals surface area contributed by atoms with Crippen molar-refractivity contribution in [2.45, 2.75) is 39.2 Å². The van der Waals surface area contributed by atoms with Crippen LogP contribution in [0, 0.1) is 21.3 Å². The SMILES string of the molecule is COc1cc(/C=C(\C)CC[C@H]2OC[C@H]3C2=C(C)C[C@H]2C(=O)N(C)C(=O)[C@H]23)cc(I)c1O. The van der Waals surface area contributed by atoms with Gasteiger partial charge in [-0.15, -0.1) is 0 Å². The Balaban J connectivity index is 1.48. The summed E-state index contributed by atoms with van der Waals surface area (Å²) in [6, 6.07) is 3.76. The molecule has 0 saturated carbocycles. The predicted octanol–water partition coefficient (Wildman–Crippen LogP) is 4.16. The maximum absolute atomic E-state index is 12.7. The Morgan fingerprint density at radius 1 is 1.32 bits per heavy atom. The number of ether oxygens (including phenoxy) is 2. The molecule has 4 rings (SSSR count). The largest absolute Gasteiger partial charge is 0.504 e. The molecule has 7 heteroatoms. The number of carbonyl (C=O) groups excluding carboxylic acids is 2. The minimum absolute atomic E-state index is 0.00222. The van der Waals surface area contributed by atoms with E-state index in [1.54, 1.807) is 14.2 Å². The molecule has 1 aromatic carbocycles. The monoisotopic (exact) mass is 537 g/mol. The third-order valence-corrected chi connectivity index (χ3v) is 7.68. The number of likely N-dealkylation sites (tertiary alicyclic amines) is 1. The Hall–Kier alpha value is -1.87. The Kier molecular flexibility index (Phi) is 6.18. The van der Waals surface area contributed by atoms with E-state index in [9.17, 15) is 14.7 Å². The van der Waals surface area contributed by atoms with Gasteiger partial charge in [0.05, 0.1) is 35.2 Å². The van der Waals surface area contributed by atoms with E-state index in [1.807, 2.05) is 12.1 Å². The van der Waals surface area contributed by atoms with Gasteiger partial charge in [0.2, 0.25) is 11.8 Å². The van der Waals surface area contributed by atoms with Crippen LogP contribution in [-0.4, -0.2) is 48.7 Å². The Bertz CT molecular complexity index is 998. The first-order chi connectivity index (χ1) is 14.7. The Morgan fingerprint density at radius 2 is 2.06 bits per heavy atom. The molecule has 0 spiro atoms. The van der Waals surface area contributed by atoms with E-state index in [0.29, 0.717) is 18.8 Å². The number of hydrogen-bond acceptors (Lipinski definition) is 5. The van der Waals surface area contributed by atoms with Crippen molar-refractivity contribution in [3.05, 3.63) is 38.0 Å². The first-order valence-corrected chi connectivity index (χ1v) is 11.7. The fraction of sp³-hybridized carbons (Fsp3) is 0.500. The van der Waals surface area contributed by atoms with Crippen LogP contribution in [0.1, 0.15) is 38.7 Å². The van der Waals surface area contributed by atoms with E-state index >= 15 is 0 Å². The minimum atomic E-state index is -0.260. The molecule has 0 unspecified atom stereocenters. The number of hydrogen-bond donors (Lipinski definition) is 1. The van der Waals surface area contributed by atoms with E-state index < -0.39 is 0 Å². The molecule has 2 heterocycles. The quantitative estimate of drug-likeness (QED) is 0.347. The smallest absolute Gasteiger partial charge is 0.233 e. The summed E-state index contributed by atoms with van der Waals surface area (Å²) in [6.07, 6.45) is 4.45. The number of phenols is 1. The Morgan fingerprint density at radius 3 is 2.77 bits per heavy atom. The summed E-state index contributed by atoms with van der Waals surface area (Å²) >= 11 is 2.10. The average Bonchev–Trinajstić information content (AvgIpc) is 3.25.